The minimum absolute atomic E-state index is 0.558. The molecule has 0 aliphatic heterocycles. The molecule has 3 aromatic carbocycles. The van der Waals surface area contributed by atoms with Gasteiger partial charge in [0.25, 0.3) is 0 Å². The first-order valence-electron chi connectivity index (χ1n) is 7.56. The van der Waals surface area contributed by atoms with E-state index in [1.807, 2.05) is 85.8 Å². The number of hydrogen-bond donors (Lipinski definition) is 1. The molecule has 0 unspecified atom stereocenters. The molecule has 3 rings (SSSR count). The molecule has 0 fully saturated rings. The fourth-order valence-corrected chi connectivity index (χ4v) is 2.17. The van der Waals surface area contributed by atoms with Gasteiger partial charge in [-0.15, -0.1) is 0 Å². The summed E-state index contributed by atoms with van der Waals surface area (Å²) in [4.78, 5) is 5.56. The molecule has 0 atom stereocenters. The second kappa shape index (κ2) is 7.36. The van der Waals surface area contributed by atoms with Gasteiger partial charge in [0.15, 0.2) is 5.75 Å². The van der Waals surface area contributed by atoms with Crippen LogP contribution in [-0.4, -0.2) is 0 Å². The Morgan fingerprint density at radius 2 is 1.52 bits per heavy atom. The highest BCUT2D eigenvalue weighted by molar-refractivity contribution is 5.44. The largest absolute Gasteiger partial charge is 0.489 e. The average molecular weight is 305 g/mol. The topological polar surface area (TPSA) is 30.5 Å². The van der Waals surface area contributed by atoms with E-state index in [4.69, 9.17) is 9.57 Å². The van der Waals surface area contributed by atoms with E-state index in [1.165, 1.54) is 5.56 Å². The second-order valence-electron chi connectivity index (χ2n) is 5.32. The van der Waals surface area contributed by atoms with Crippen molar-refractivity contribution >= 4 is 5.69 Å². The Kier molecular flexibility index (Phi) is 4.79. The molecule has 0 spiro atoms. The van der Waals surface area contributed by atoms with Crippen LogP contribution in [0.4, 0.5) is 5.69 Å². The summed E-state index contributed by atoms with van der Waals surface area (Å²) in [5, 5.41) is 0. The average Bonchev–Trinajstić information content (AvgIpc) is 2.60. The zero-order valence-corrected chi connectivity index (χ0v) is 13.0. The second-order valence-corrected chi connectivity index (χ2v) is 5.32. The molecule has 0 heterocycles. The van der Waals surface area contributed by atoms with Crippen LogP contribution in [0.1, 0.15) is 11.1 Å². The van der Waals surface area contributed by atoms with Crippen molar-refractivity contribution in [2.75, 3.05) is 5.48 Å². The van der Waals surface area contributed by atoms with Gasteiger partial charge in [-0.1, -0.05) is 42.5 Å². The van der Waals surface area contributed by atoms with Crippen molar-refractivity contribution in [2.45, 2.75) is 13.5 Å². The van der Waals surface area contributed by atoms with Crippen LogP contribution >= 0.6 is 0 Å². The number of aryl methyl sites for hydroxylation is 1. The summed E-state index contributed by atoms with van der Waals surface area (Å²) in [6.07, 6.45) is 0. The van der Waals surface area contributed by atoms with E-state index in [0.29, 0.717) is 6.61 Å². The van der Waals surface area contributed by atoms with Gasteiger partial charge in [-0.3, -0.25) is 0 Å². The lowest BCUT2D eigenvalue weighted by Gasteiger charge is -2.10. The third-order valence-electron chi connectivity index (χ3n) is 3.38. The molecule has 3 aromatic rings. The summed E-state index contributed by atoms with van der Waals surface area (Å²) in [7, 11) is 0. The SMILES string of the molecule is Cc1cccc(NOc2ccc(OCc3ccccc3)cc2)c1. The maximum absolute atomic E-state index is 5.75. The van der Waals surface area contributed by atoms with E-state index in [2.05, 4.69) is 5.48 Å². The van der Waals surface area contributed by atoms with Crippen molar-refractivity contribution in [2.24, 2.45) is 0 Å². The van der Waals surface area contributed by atoms with Gasteiger partial charge in [0, 0.05) is 0 Å². The fraction of sp³-hybridized carbons (Fsp3) is 0.100. The zero-order chi connectivity index (χ0) is 15.9. The van der Waals surface area contributed by atoms with Crippen LogP contribution in [0.25, 0.3) is 0 Å². The molecular weight excluding hydrogens is 286 g/mol. The predicted molar refractivity (Wildman–Crippen MR) is 92.6 cm³/mol. The predicted octanol–water partition coefficient (Wildman–Crippen LogP) is 4.98. The zero-order valence-electron chi connectivity index (χ0n) is 13.0. The molecule has 0 saturated carbocycles. The summed E-state index contributed by atoms with van der Waals surface area (Å²) in [5.41, 5.74) is 6.19. The molecule has 3 heteroatoms. The van der Waals surface area contributed by atoms with Crippen molar-refractivity contribution in [1.82, 2.24) is 0 Å². The lowest BCUT2D eigenvalue weighted by molar-refractivity contribution is 0.305. The smallest absolute Gasteiger partial charge is 0.155 e. The first kappa shape index (κ1) is 15.0. The quantitative estimate of drug-likeness (QED) is 0.651. The molecule has 116 valence electrons. The van der Waals surface area contributed by atoms with Gasteiger partial charge < -0.3 is 9.57 Å². The van der Waals surface area contributed by atoms with Crippen LogP contribution in [0.3, 0.4) is 0 Å². The summed E-state index contributed by atoms with van der Waals surface area (Å²) in [5.74, 6) is 1.55. The van der Waals surface area contributed by atoms with E-state index in [-0.39, 0.29) is 0 Å². The van der Waals surface area contributed by atoms with Crippen LogP contribution < -0.4 is 15.1 Å². The maximum Gasteiger partial charge on any atom is 0.155 e. The highest BCUT2D eigenvalue weighted by atomic mass is 16.6. The Hall–Kier alpha value is -2.94. The number of hydrogen-bond acceptors (Lipinski definition) is 3. The van der Waals surface area contributed by atoms with E-state index in [0.717, 1.165) is 22.7 Å². The number of anilines is 1. The van der Waals surface area contributed by atoms with Gasteiger partial charge in [0.2, 0.25) is 0 Å². The molecule has 0 aliphatic rings. The van der Waals surface area contributed by atoms with Crippen LogP contribution in [0.2, 0.25) is 0 Å². The molecule has 0 radical (unpaired) electrons. The van der Waals surface area contributed by atoms with Gasteiger partial charge in [-0.05, 0) is 54.4 Å². The molecule has 0 aromatic heterocycles. The lowest BCUT2D eigenvalue weighted by atomic mass is 10.2. The van der Waals surface area contributed by atoms with Crippen LogP contribution in [0.15, 0.2) is 78.9 Å². The number of rotatable bonds is 6. The third kappa shape index (κ3) is 4.51. The van der Waals surface area contributed by atoms with E-state index >= 15 is 0 Å². The van der Waals surface area contributed by atoms with Gasteiger partial charge >= 0.3 is 0 Å². The van der Waals surface area contributed by atoms with Crippen molar-refractivity contribution in [3.63, 3.8) is 0 Å². The Morgan fingerprint density at radius 1 is 0.783 bits per heavy atom. The minimum atomic E-state index is 0.558. The molecule has 3 nitrogen and oxygen atoms in total. The standard InChI is InChI=1S/C20H19NO2/c1-16-6-5-9-18(14-16)21-23-20-12-10-19(11-13-20)22-15-17-7-3-2-4-8-17/h2-14,21H,15H2,1H3. The Balaban J connectivity index is 1.52. The van der Waals surface area contributed by atoms with Crippen molar-refractivity contribution in [1.29, 1.82) is 0 Å². The number of ether oxygens (including phenoxy) is 1. The molecule has 0 aliphatic carbocycles. The van der Waals surface area contributed by atoms with E-state index in [9.17, 15) is 0 Å². The molecule has 1 N–H and O–H groups in total. The van der Waals surface area contributed by atoms with Crippen LogP contribution in [0, 0.1) is 6.92 Å². The summed E-state index contributed by atoms with van der Waals surface area (Å²) in [6, 6.07) is 25.7. The molecule has 0 amide bonds. The normalized spacial score (nSPS) is 10.1. The minimum Gasteiger partial charge on any atom is -0.489 e. The monoisotopic (exact) mass is 305 g/mol. The van der Waals surface area contributed by atoms with E-state index < -0.39 is 0 Å². The first-order valence-corrected chi connectivity index (χ1v) is 7.56. The van der Waals surface area contributed by atoms with Gasteiger partial charge in [0.1, 0.15) is 12.4 Å². The van der Waals surface area contributed by atoms with Gasteiger partial charge in [-0.25, -0.2) is 5.48 Å². The summed E-state index contributed by atoms with van der Waals surface area (Å²) >= 11 is 0. The number of nitrogens with one attached hydrogen (secondary N) is 1. The van der Waals surface area contributed by atoms with Gasteiger partial charge in [0.05, 0.1) is 5.69 Å². The highest BCUT2D eigenvalue weighted by Crippen LogP contribution is 2.19. The Labute approximate surface area is 136 Å². The van der Waals surface area contributed by atoms with Crippen LogP contribution in [-0.2, 0) is 6.61 Å². The molecular formula is C20H19NO2. The van der Waals surface area contributed by atoms with Crippen LogP contribution in [0.5, 0.6) is 11.5 Å². The van der Waals surface area contributed by atoms with Gasteiger partial charge in [-0.2, -0.15) is 0 Å². The highest BCUT2D eigenvalue weighted by Gasteiger charge is 1.99. The number of benzene rings is 3. The lowest BCUT2D eigenvalue weighted by Crippen LogP contribution is -2.04. The first-order chi connectivity index (χ1) is 11.3. The molecule has 23 heavy (non-hydrogen) atoms. The third-order valence-corrected chi connectivity index (χ3v) is 3.38. The van der Waals surface area contributed by atoms with E-state index in [1.54, 1.807) is 0 Å². The Bertz CT molecular complexity index is 739. The molecule has 0 bridgehead atoms. The van der Waals surface area contributed by atoms with Crippen molar-refractivity contribution in [3.8, 4) is 11.5 Å². The van der Waals surface area contributed by atoms with Crippen molar-refractivity contribution < 1.29 is 9.57 Å². The fourth-order valence-electron chi connectivity index (χ4n) is 2.17. The summed E-state index contributed by atoms with van der Waals surface area (Å²) < 4.78 is 5.75. The maximum atomic E-state index is 5.75. The summed E-state index contributed by atoms with van der Waals surface area (Å²) in [6.45, 7) is 2.60. The van der Waals surface area contributed by atoms with Crippen molar-refractivity contribution in [3.05, 3.63) is 90.0 Å². The molecule has 0 saturated heterocycles. The Morgan fingerprint density at radius 3 is 2.26 bits per heavy atom.